The van der Waals surface area contributed by atoms with Crippen LogP contribution in [0.1, 0.15) is 23.3 Å². The first kappa shape index (κ1) is 11.0. The van der Waals surface area contributed by atoms with Gasteiger partial charge in [0.25, 0.3) is 0 Å². The molecule has 0 amide bonds. The summed E-state index contributed by atoms with van der Waals surface area (Å²) in [4.78, 5) is 0. The normalized spacial score (nSPS) is 21.8. The highest BCUT2D eigenvalue weighted by Gasteiger charge is 2.30. The van der Waals surface area contributed by atoms with Gasteiger partial charge in [-0.05, 0) is 34.4 Å². The number of aliphatic hydroxyl groups is 2. The predicted molar refractivity (Wildman–Crippen MR) is 69.5 cm³/mol. The Morgan fingerprint density at radius 3 is 2.29 bits per heavy atom. The lowest BCUT2D eigenvalue weighted by atomic mass is 9.82. The third-order valence-corrected chi connectivity index (χ3v) is 3.69. The fourth-order valence-electron chi connectivity index (χ4n) is 2.36. The van der Waals surface area contributed by atoms with E-state index in [1.54, 1.807) is 0 Å². The van der Waals surface area contributed by atoms with Crippen molar-refractivity contribution in [1.29, 1.82) is 0 Å². The molecule has 0 heterocycles. The van der Waals surface area contributed by atoms with E-state index in [4.69, 9.17) is 0 Å². The molecular formula is C14H11BrO2. The largest absolute Gasteiger partial charge is 0.385 e. The first-order chi connectivity index (χ1) is 8.18. The molecule has 3 heteroatoms. The Balaban J connectivity index is 2.32. The second-order valence-electron chi connectivity index (χ2n) is 4.21. The van der Waals surface area contributed by atoms with Crippen molar-refractivity contribution >= 4 is 15.9 Å². The van der Waals surface area contributed by atoms with Crippen molar-refractivity contribution in [2.24, 2.45) is 0 Å². The van der Waals surface area contributed by atoms with Crippen LogP contribution >= 0.6 is 15.9 Å². The summed E-state index contributed by atoms with van der Waals surface area (Å²) in [5.74, 6) is 0. The van der Waals surface area contributed by atoms with Crippen molar-refractivity contribution in [3.05, 3.63) is 58.1 Å². The summed E-state index contributed by atoms with van der Waals surface area (Å²) >= 11 is 3.39. The summed E-state index contributed by atoms with van der Waals surface area (Å²) in [5.41, 5.74) is 3.54. The molecule has 0 radical (unpaired) electrons. The molecule has 0 saturated carbocycles. The molecule has 2 nitrogen and oxygen atoms in total. The van der Waals surface area contributed by atoms with Gasteiger partial charge in [0.05, 0.1) is 0 Å². The van der Waals surface area contributed by atoms with Gasteiger partial charge < -0.3 is 10.2 Å². The summed E-state index contributed by atoms with van der Waals surface area (Å²) in [6, 6.07) is 13.4. The zero-order chi connectivity index (χ0) is 12.0. The third-order valence-electron chi connectivity index (χ3n) is 3.20. The smallest absolute Gasteiger partial charge is 0.110 e. The second kappa shape index (κ2) is 3.95. The Bertz CT molecular complexity index is 580. The van der Waals surface area contributed by atoms with Crippen LogP contribution in [0, 0.1) is 0 Å². The Kier molecular flexibility index (Phi) is 2.54. The van der Waals surface area contributed by atoms with Gasteiger partial charge in [0.15, 0.2) is 0 Å². The first-order valence-corrected chi connectivity index (χ1v) is 6.22. The van der Waals surface area contributed by atoms with Gasteiger partial charge in [-0.3, -0.25) is 0 Å². The minimum absolute atomic E-state index is 0.769. The van der Waals surface area contributed by atoms with Gasteiger partial charge in [-0.15, -0.1) is 0 Å². The minimum atomic E-state index is -0.864. The summed E-state index contributed by atoms with van der Waals surface area (Å²) in [7, 11) is 0. The molecule has 2 aromatic carbocycles. The number of halogens is 1. The van der Waals surface area contributed by atoms with E-state index < -0.39 is 12.2 Å². The van der Waals surface area contributed by atoms with Gasteiger partial charge in [0.1, 0.15) is 12.2 Å². The zero-order valence-electron chi connectivity index (χ0n) is 8.97. The van der Waals surface area contributed by atoms with Crippen molar-refractivity contribution < 1.29 is 10.2 Å². The van der Waals surface area contributed by atoms with Crippen LogP contribution in [-0.2, 0) is 0 Å². The molecule has 0 aromatic heterocycles. The van der Waals surface area contributed by atoms with Gasteiger partial charge in [0, 0.05) is 4.47 Å². The Morgan fingerprint density at radius 2 is 1.47 bits per heavy atom. The Morgan fingerprint density at radius 1 is 0.824 bits per heavy atom. The molecule has 0 spiro atoms. The highest BCUT2D eigenvalue weighted by atomic mass is 79.9. The van der Waals surface area contributed by atoms with Crippen LogP contribution in [0.25, 0.3) is 11.1 Å². The molecule has 0 aliphatic heterocycles. The van der Waals surface area contributed by atoms with Gasteiger partial charge in [-0.2, -0.15) is 0 Å². The van der Waals surface area contributed by atoms with Crippen LogP contribution in [0.4, 0.5) is 0 Å². The fraction of sp³-hybridized carbons (Fsp3) is 0.143. The standard InChI is InChI=1S/C14H11BrO2/c15-8-5-6-10-9-3-1-2-4-11(9)13(16)14(17)12(10)7-8/h1-7,13-14,16-17H/t13-,14-/m1/s1. The van der Waals surface area contributed by atoms with Gasteiger partial charge in [-0.1, -0.05) is 46.3 Å². The van der Waals surface area contributed by atoms with E-state index >= 15 is 0 Å². The summed E-state index contributed by atoms with van der Waals surface area (Å²) in [6.45, 7) is 0. The van der Waals surface area contributed by atoms with Crippen LogP contribution in [0.5, 0.6) is 0 Å². The average Bonchev–Trinajstić information content (AvgIpc) is 2.36. The van der Waals surface area contributed by atoms with E-state index in [0.29, 0.717) is 0 Å². The topological polar surface area (TPSA) is 40.5 Å². The highest BCUT2D eigenvalue weighted by Crippen LogP contribution is 2.44. The molecular weight excluding hydrogens is 280 g/mol. The molecule has 0 bridgehead atoms. The number of aliphatic hydroxyl groups excluding tert-OH is 2. The van der Waals surface area contributed by atoms with Crippen molar-refractivity contribution in [1.82, 2.24) is 0 Å². The molecule has 1 aliphatic rings. The van der Waals surface area contributed by atoms with Gasteiger partial charge in [-0.25, -0.2) is 0 Å². The SMILES string of the molecule is O[C@@H]1c2ccccc2-c2ccc(Br)cc2[C@H]1O. The van der Waals surface area contributed by atoms with E-state index in [-0.39, 0.29) is 0 Å². The molecule has 2 aromatic rings. The molecule has 0 fully saturated rings. The van der Waals surface area contributed by atoms with Gasteiger partial charge in [0.2, 0.25) is 0 Å². The van der Waals surface area contributed by atoms with E-state index in [9.17, 15) is 10.2 Å². The average molecular weight is 291 g/mol. The maximum atomic E-state index is 10.1. The lowest BCUT2D eigenvalue weighted by molar-refractivity contribution is 0.0158. The summed E-state index contributed by atoms with van der Waals surface area (Å²) < 4.78 is 0.905. The van der Waals surface area contributed by atoms with E-state index in [0.717, 1.165) is 26.7 Å². The maximum Gasteiger partial charge on any atom is 0.110 e. The predicted octanol–water partition coefficient (Wildman–Crippen LogP) is 3.20. The van der Waals surface area contributed by atoms with Crippen molar-refractivity contribution in [2.45, 2.75) is 12.2 Å². The summed E-state index contributed by atoms with van der Waals surface area (Å²) in [6.07, 6.45) is -1.72. The zero-order valence-corrected chi connectivity index (χ0v) is 10.6. The third kappa shape index (κ3) is 1.62. The highest BCUT2D eigenvalue weighted by molar-refractivity contribution is 9.10. The van der Waals surface area contributed by atoms with Crippen molar-refractivity contribution in [3.8, 4) is 11.1 Å². The van der Waals surface area contributed by atoms with Crippen LogP contribution in [0.15, 0.2) is 46.9 Å². The molecule has 0 saturated heterocycles. The van der Waals surface area contributed by atoms with Crippen LogP contribution in [-0.4, -0.2) is 10.2 Å². The van der Waals surface area contributed by atoms with Gasteiger partial charge >= 0.3 is 0 Å². The molecule has 0 unspecified atom stereocenters. The quantitative estimate of drug-likeness (QED) is 0.782. The van der Waals surface area contributed by atoms with E-state index in [1.807, 2.05) is 42.5 Å². The fourth-order valence-corrected chi connectivity index (χ4v) is 2.74. The van der Waals surface area contributed by atoms with Crippen molar-refractivity contribution in [2.75, 3.05) is 0 Å². The first-order valence-electron chi connectivity index (χ1n) is 5.43. The summed E-state index contributed by atoms with van der Waals surface area (Å²) in [5, 5.41) is 20.2. The number of rotatable bonds is 0. The lowest BCUT2D eigenvalue weighted by Crippen LogP contribution is -2.17. The maximum absolute atomic E-state index is 10.1. The second-order valence-corrected chi connectivity index (χ2v) is 5.12. The Labute approximate surface area is 108 Å². The Hall–Kier alpha value is -1.16. The monoisotopic (exact) mass is 290 g/mol. The van der Waals surface area contributed by atoms with Crippen LogP contribution in [0.3, 0.4) is 0 Å². The number of hydrogen-bond donors (Lipinski definition) is 2. The minimum Gasteiger partial charge on any atom is -0.385 e. The lowest BCUT2D eigenvalue weighted by Gasteiger charge is -2.29. The van der Waals surface area contributed by atoms with Crippen LogP contribution < -0.4 is 0 Å². The molecule has 1 aliphatic carbocycles. The van der Waals surface area contributed by atoms with E-state index in [1.165, 1.54) is 0 Å². The van der Waals surface area contributed by atoms with Crippen molar-refractivity contribution in [3.63, 3.8) is 0 Å². The molecule has 2 N–H and O–H groups in total. The molecule has 2 atom stereocenters. The number of benzene rings is 2. The van der Waals surface area contributed by atoms with E-state index in [2.05, 4.69) is 15.9 Å². The molecule has 86 valence electrons. The molecule has 17 heavy (non-hydrogen) atoms. The van der Waals surface area contributed by atoms with Crippen LogP contribution in [0.2, 0.25) is 0 Å². The number of fused-ring (bicyclic) bond motifs is 3. The number of hydrogen-bond acceptors (Lipinski definition) is 2. The molecule has 3 rings (SSSR count).